The molecule has 2 nitrogen and oxygen atoms in total. The van der Waals surface area contributed by atoms with Crippen molar-refractivity contribution in [3.8, 4) is 5.75 Å². The Kier molecular flexibility index (Phi) is 4.78. The van der Waals surface area contributed by atoms with Gasteiger partial charge in [-0.2, -0.15) is 0 Å². The molecule has 0 saturated carbocycles. The lowest BCUT2D eigenvalue weighted by Crippen LogP contribution is -2.07. The molecule has 0 aliphatic rings. The van der Waals surface area contributed by atoms with E-state index in [0.717, 1.165) is 9.79 Å². The maximum Gasteiger partial charge on any atom is 0.167 e. The first kappa shape index (κ1) is 15.0. The summed E-state index contributed by atoms with van der Waals surface area (Å²) >= 11 is 7.29. The SMILES string of the molecule is CC(C)Oc1cc(Sc2ccc(Cl)cc2)c(N)cc1F. The fourth-order valence-corrected chi connectivity index (χ4v) is 2.61. The van der Waals surface area contributed by atoms with Gasteiger partial charge in [-0.3, -0.25) is 0 Å². The highest BCUT2D eigenvalue weighted by molar-refractivity contribution is 7.99. The summed E-state index contributed by atoms with van der Waals surface area (Å²) < 4.78 is 19.2. The summed E-state index contributed by atoms with van der Waals surface area (Å²) in [7, 11) is 0. The topological polar surface area (TPSA) is 35.2 Å². The molecule has 0 radical (unpaired) electrons. The van der Waals surface area contributed by atoms with Crippen LogP contribution in [0.25, 0.3) is 0 Å². The average molecular weight is 312 g/mol. The van der Waals surface area contributed by atoms with Gasteiger partial charge in [0, 0.05) is 26.6 Å². The van der Waals surface area contributed by atoms with Gasteiger partial charge >= 0.3 is 0 Å². The van der Waals surface area contributed by atoms with Crippen molar-refractivity contribution in [2.45, 2.75) is 29.7 Å². The molecule has 0 amide bonds. The predicted molar refractivity (Wildman–Crippen MR) is 82.2 cm³/mol. The first-order valence-electron chi connectivity index (χ1n) is 6.15. The first-order chi connectivity index (χ1) is 9.45. The highest BCUT2D eigenvalue weighted by atomic mass is 35.5. The van der Waals surface area contributed by atoms with E-state index in [-0.39, 0.29) is 11.9 Å². The van der Waals surface area contributed by atoms with E-state index < -0.39 is 5.82 Å². The summed E-state index contributed by atoms with van der Waals surface area (Å²) in [5, 5.41) is 0.672. The van der Waals surface area contributed by atoms with Crippen molar-refractivity contribution >= 4 is 29.1 Å². The zero-order valence-corrected chi connectivity index (χ0v) is 12.8. The van der Waals surface area contributed by atoms with E-state index in [1.165, 1.54) is 17.8 Å². The van der Waals surface area contributed by atoms with Crippen LogP contribution < -0.4 is 10.5 Å². The second-order valence-electron chi connectivity index (χ2n) is 4.54. The van der Waals surface area contributed by atoms with Gasteiger partial charge in [-0.1, -0.05) is 23.4 Å². The van der Waals surface area contributed by atoms with Crippen molar-refractivity contribution in [1.82, 2.24) is 0 Å². The fraction of sp³-hybridized carbons (Fsp3) is 0.200. The van der Waals surface area contributed by atoms with Gasteiger partial charge in [0.2, 0.25) is 0 Å². The molecule has 0 aliphatic heterocycles. The van der Waals surface area contributed by atoms with Crippen LogP contribution >= 0.6 is 23.4 Å². The van der Waals surface area contributed by atoms with Crippen LogP contribution in [0.15, 0.2) is 46.2 Å². The maximum atomic E-state index is 13.8. The van der Waals surface area contributed by atoms with Crippen molar-refractivity contribution in [3.63, 3.8) is 0 Å². The summed E-state index contributed by atoms with van der Waals surface area (Å²) in [6.45, 7) is 3.70. The predicted octanol–water partition coefficient (Wildman–Crippen LogP) is 5.00. The monoisotopic (exact) mass is 311 g/mol. The highest BCUT2D eigenvalue weighted by Gasteiger charge is 2.11. The number of ether oxygens (including phenoxy) is 1. The first-order valence-corrected chi connectivity index (χ1v) is 7.34. The minimum Gasteiger partial charge on any atom is -0.488 e. The Morgan fingerprint density at radius 1 is 1.20 bits per heavy atom. The third kappa shape index (κ3) is 3.81. The molecule has 0 aromatic heterocycles. The number of benzene rings is 2. The molecule has 0 heterocycles. The zero-order chi connectivity index (χ0) is 14.7. The second-order valence-corrected chi connectivity index (χ2v) is 6.09. The van der Waals surface area contributed by atoms with E-state index in [0.29, 0.717) is 10.7 Å². The lowest BCUT2D eigenvalue weighted by Gasteiger charge is -2.13. The Morgan fingerprint density at radius 2 is 1.85 bits per heavy atom. The van der Waals surface area contributed by atoms with Crippen LogP contribution in [0.4, 0.5) is 10.1 Å². The van der Waals surface area contributed by atoms with E-state index in [1.807, 2.05) is 26.0 Å². The van der Waals surface area contributed by atoms with Crippen LogP contribution in [0.2, 0.25) is 5.02 Å². The molecule has 2 aromatic rings. The lowest BCUT2D eigenvalue weighted by atomic mass is 10.3. The van der Waals surface area contributed by atoms with Crippen LogP contribution in [0.3, 0.4) is 0 Å². The average Bonchev–Trinajstić information content (AvgIpc) is 2.37. The van der Waals surface area contributed by atoms with Crippen LogP contribution in [0.1, 0.15) is 13.8 Å². The molecular formula is C15H15ClFNOS. The smallest absolute Gasteiger partial charge is 0.167 e. The molecule has 106 valence electrons. The van der Waals surface area contributed by atoms with Crippen molar-refractivity contribution < 1.29 is 9.13 Å². The molecule has 0 atom stereocenters. The van der Waals surface area contributed by atoms with Gasteiger partial charge in [0.05, 0.1) is 6.10 Å². The Bertz CT molecular complexity index is 602. The third-order valence-electron chi connectivity index (χ3n) is 2.47. The Balaban J connectivity index is 2.28. The van der Waals surface area contributed by atoms with Gasteiger partial charge in [-0.05, 0) is 44.2 Å². The zero-order valence-electron chi connectivity index (χ0n) is 11.2. The highest BCUT2D eigenvalue weighted by Crippen LogP contribution is 2.36. The van der Waals surface area contributed by atoms with E-state index in [1.54, 1.807) is 18.2 Å². The number of anilines is 1. The quantitative estimate of drug-likeness (QED) is 0.807. The van der Waals surface area contributed by atoms with E-state index >= 15 is 0 Å². The molecule has 0 unspecified atom stereocenters. The molecule has 2 aromatic carbocycles. The molecule has 0 fully saturated rings. The normalized spacial score (nSPS) is 10.8. The summed E-state index contributed by atoms with van der Waals surface area (Å²) in [4.78, 5) is 1.73. The number of rotatable bonds is 4. The van der Waals surface area contributed by atoms with E-state index in [2.05, 4.69) is 0 Å². The van der Waals surface area contributed by atoms with Crippen LogP contribution in [-0.2, 0) is 0 Å². The molecular weight excluding hydrogens is 297 g/mol. The van der Waals surface area contributed by atoms with Gasteiger partial charge in [-0.15, -0.1) is 0 Å². The van der Waals surface area contributed by atoms with Crippen molar-refractivity contribution in [3.05, 3.63) is 47.2 Å². The van der Waals surface area contributed by atoms with Gasteiger partial charge in [0.25, 0.3) is 0 Å². The van der Waals surface area contributed by atoms with Crippen LogP contribution in [0, 0.1) is 5.82 Å². The standard InChI is InChI=1S/C15H15ClFNOS/c1-9(2)19-14-8-15(13(18)7-12(14)17)20-11-5-3-10(16)4-6-11/h3-9H,18H2,1-2H3. The Morgan fingerprint density at radius 3 is 2.45 bits per heavy atom. The largest absolute Gasteiger partial charge is 0.488 e. The molecule has 5 heteroatoms. The Hall–Kier alpha value is -1.39. The number of hydrogen-bond donors (Lipinski definition) is 1. The van der Waals surface area contributed by atoms with E-state index in [9.17, 15) is 4.39 Å². The summed E-state index contributed by atoms with van der Waals surface area (Å²) in [5.74, 6) is -0.234. The molecule has 0 bridgehead atoms. The van der Waals surface area contributed by atoms with Gasteiger partial charge in [0.1, 0.15) is 0 Å². The number of hydrogen-bond acceptors (Lipinski definition) is 3. The van der Waals surface area contributed by atoms with Gasteiger partial charge in [0.15, 0.2) is 11.6 Å². The molecule has 2 rings (SSSR count). The van der Waals surface area contributed by atoms with Crippen molar-refractivity contribution in [1.29, 1.82) is 0 Å². The van der Waals surface area contributed by atoms with Gasteiger partial charge < -0.3 is 10.5 Å². The molecule has 20 heavy (non-hydrogen) atoms. The van der Waals surface area contributed by atoms with Gasteiger partial charge in [-0.25, -0.2) is 4.39 Å². The molecule has 2 N–H and O–H groups in total. The molecule has 0 saturated heterocycles. The number of halogens is 2. The second kappa shape index (κ2) is 6.37. The minimum atomic E-state index is -0.448. The number of nitrogen functional groups attached to an aromatic ring is 1. The minimum absolute atomic E-state index is 0.0958. The lowest BCUT2D eigenvalue weighted by molar-refractivity contribution is 0.230. The maximum absolute atomic E-state index is 13.8. The number of nitrogens with two attached hydrogens (primary N) is 1. The van der Waals surface area contributed by atoms with Crippen molar-refractivity contribution in [2.24, 2.45) is 0 Å². The Labute approximate surface area is 127 Å². The van der Waals surface area contributed by atoms with Crippen LogP contribution in [-0.4, -0.2) is 6.10 Å². The molecule has 0 aliphatic carbocycles. The van der Waals surface area contributed by atoms with Crippen molar-refractivity contribution in [2.75, 3.05) is 5.73 Å². The third-order valence-corrected chi connectivity index (χ3v) is 3.80. The van der Waals surface area contributed by atoms with Crippen LogP contribution in [0.5, 0.6) is 5.75 Å². The summed E-state index contributed by atoms with van der Waals surface area (Å²) in [6, 6.07) is 10.3. The van der Waals surface area contributed by atoms with E-state index in [4.69, 9.17) is 22.1 Å². The molecule has 0 spiro atoms. The summed E-state index contributed by atoms with van der Waals surface area (Å²) in [5.41, 5.74) is 6.24. The fourth-order valence-electron chi connectivity index (χ4n) is 1.61. The summed E-state index contributed by atoms with van der Waals surface area (Å²) in [6.07, 6.45) is -0.0958.